The zero-order chi connectivity index (χ0) is 8.97. The summed E-state index contributed by atoms with van der Waals surface area (Å²) in [5, 5.41) is 0. The van der Waals surface area contributed by atoms with Gasteiger partial charge >= 0.3 is 0 Å². The normalized spacial score (nSPS) is 22.8. The third-order valence-electron chi connectivity index (χ3n) is 2.33. The van der Waals surface area contributed by atoms with Gasteiger partial charge < -0.3 is 4.90 Å². The minimum atomic E-state index is 0.805. The Hall–Kier alpha value is -0.720. The minimum absolute atomic E-state index is 0.805. The molecule has 0 saturated heterocycles. The summed E-state index contributed by atoms with van der Waals surface area (Å²) in [6.45, 7) is 10.7. The summed E-state index contributed by atoms with van der Waals surface area (Å²) in [4.78, 5) is 2.36. The standard InChI is InChI=1S/C11H19N/c1-4-10(2)8-12-7-5-6-11(3)9-12/h5,7,11H,2,4,6,8-9H2,1,3H3. The Balaban J connectivity index is 2.37. The van der Waals surface area contributed by atoms with Crippen LogP contribution in [-0.4, -0.2) is 18.0 Å². The van der Waals surface area contributed by atoms with Crippen molar-refractivity contribution >= 4 is 0 Å². The van der Waals surface area contributed by atoms with Crippen molar-refractivity contribution < 1.29 is 0 Å². The molecule has 1 unspecified atom stereocenters. The van der Waals surface area contributed by atoms with Gasteiger partial charge in [0.05, 0.1) is 0 Å². The zero-order valence-electron chi connectivity index (χ0n) is 8.21. The van der Waals surface area contributed by atoms with Crippen LogP contribution in [-0.2, 0) is 0 Å². The third kappa shape index (κ3) is 2.72. The van der Waals surface area contributed by atoms with E-state index in [4.69, 9.17) is 0 Å². The number of allylic oxidation sites excluding steroid dienone is 1. The van der Waals surface area contributed by atoms with Gasteiger partial charge in [-0.25, -0.2) is 0 Å². The highest BCUT2D eigenvalue weighted by Gasteiger charge is 2.10. The molecule has 0 aromatic carbocycles. The van der Waals surface area contributed by atoms with Crippen LogP contribution in [0.25, 0.3) is 0 Å². The molecule has 0 aromatic rings. The van der Waals surface area contributed by atoms with E-state index in [-0.39, 0.29) is 0 Å². The molecule has 0 radical (unpaired) electrons. The molecule has 1 rings (SSSR count). The largest absolute Gasteiger partial charge is 0.373 e. The van der Waals surface area contributed by atoms with Crippen LogP contribution in [0.1, 0.15) is 26.7 Å². The molecule has 0 saturated carbocycles. The van der Waals surface area contributed by atoms with Gasteiger partial charge in [-0.3, -0.25) is 0 Å². The van der Waals surface area contributed by atoms with Gasteiger partial charge in [0.1, 0.15) is 0 Å². The molecular formula is C11H19N. The highest BCUT2D eigenvalue weighted by atomic mass is 15.1. The number of nitrogens with zero attached hydrogens (tertiary/aromatic N) is 1. The summed E-state index contributed by atoms with van der Waals surface area (Å²) in [5.41, 5.74) is 1.33. The lowest BCUT2D eigenvalue weighted by Crippen LogP contribution is -2.27. The maximum atomic E-state index is 4.02. The highest BCUT2D eigenvalue weighted by molar-refractivity contribution is 5.01. The molecule has 1 aliphatic heterocycles. The minimum Gasteiger partial charge on any atom is -0.373 e. The maximum absolute atomic E-state index is 4.02. The van der Waals surface area contributed by atoms with Crippen LogP contribution < -0.4 is 0 Å². The first kappa shape index (κ1) is 9.37. The molecule has 0 bridgehead atoms. The molecule has 0 aliphatic carbocycles. The summed E-state index contributed by atoms with van der Waals surface area (Å²) >= 11 is 0. The molecule has 68 valence electrons. The van der Waals surface area contributed by atoms with Gasteiger partial charge in [-0.2, -0.15) is 0 Å². The molecule has 1 atom stereocenters. The van der Waals surface area contributed by atoms with E-state index in [2.05, 4.69) is 37.6 Å². The maximum Gasteiger partial charge on any atom is 0.0380 e. The van der Waals surface area contributed by atoms with E-state index in [1.807, 2.05) is 0 Å². The van der Waals surface area contributed by atoms with Gasteiger partial charge in [0.2, 0.25) is 0 Å². The number of hydrogen-bond acceptors (Lipinski definition) is 1. The van der Waals surface area contributed by atoms with Crippen LogP contribution in [0.3, 0.4) is 0 Å². The van der Waals surface area contributed by atoms with E-state index in [0.717, 1.165) is 18.9 Å². The fourth-order valence-electron chi connectivity index (χ4n) is 1.49. The predicted molar refractivity (Wildman–Crippen MR) is 53.9 cm³/mol. The lowest BCUT2D eigenvalue weighted by atomic mass is 10.0. The van der Waals surface area contributed by atoms with Gasteiger partial charge in [-0.15, -0.1) is 0 Å². The van der Waals surface area contributed by atoms with Crippen molar-refractivity contribution in [2.45, 2.75) is 26.7 Å². The lowest BCUT2D eigenvalue weighted by Gasteiger charge is -2.28. The van der Waals surface area contributed by atoms with Crippen molar-refractivity contribution in [3.05, 3.63) is 24.4 Å². The molecule has 1 heteroatoms. The first-order valence-electron chi connectivity index (χ1n) is 4.79. The Morgan fingerprint density at radius 2 is 2.42 bits per heavy atom. The van der Waals surface area contributed by atoms with Gasteiger partial charge in [-0.1, -0.05) is 32.1 Å². The fourth-order valence-corrected chi connectivity index (χ4v) is 1.49. The molecule has 1 aliphatic rings. The monoisotopic (exact) mass is 165 g/mol. The quantitative estimate of drug-likeness (QED) is 0.581. The van der Waals surface area contributed by atoms with Crippen molar-refractivity contribution in [2.24, 2.45) is 5.92 Å². The van der Waals surface area contributed by atoms with Crippen LogP contribution in [0.5, 0.6) is 0 Å². The molecular weight excluding hydrogens is 146 g/mol. The lowest BCUT2D eigenvalue weighted by molar-refractivity contribution is 0.319. The first-order valence-corrected chi connectivity index (χ1v) is 4.79. The van der Waals surface area contributed by atoms with E-state index < -0.39 is 0 Å². The van der Waals surface area contributed by atoms with E-state index in [1.54, 1.807) is 0 Å². The molecule has 0 N–H and O–H groups in total. The van der Waals surface area contributed by atoms with Crippen molar-refractivity contribution in [1.82, 2.24) is 4.90 Å². The second-order valence-electron chi connectivity index (χ2n) is 3.76. The Morgan fingerprint density at radius 1 is 1.67 bits per heavy atom. The summed E-state index contributed by atoms with van der Waals surface area (Å²) in [7, 11) is 0. The molecule has 0 fully saturated rings. The van der Waals surface area contributed by atoms with Crippen LogP contribution in [0.4, 0.5) is 0 Å². The molecule has 0 spiro atoms. The number of hydrogen-bond donors (Lipinski definition) is 0. The fraction of sp³-hybridized carbons (Fsp3) is 0.636. The van der Waals surface area contributed by atoms with E-state index >= 15 is 0 Å². The van der Waals surface area contributed by atoms with Crippen LogP contribution in [0.2, 0.25) is 0 Å². The summed E-state index contributed by atoms with van der Waals surface area (Å²) in [6.07, 6.45) is 6.80. The molecule has 1 nitrogen and oxygen atoms in total. The summed E-state index contributed by atoms with van der Waals surface area (Å²) < 4.78 is 0. The molecule has 0 aromatic heterocycles. The smallest absolute Gasteiger partial charge is 0.0380 e. The third-order valence-corrected chi connectivity index (χ3v) is 2.33. The first-order chi connectivity index (χ1) is 5.72. The Kier molecular flexibility index (Phi) is 3.39. The Morgan fingerprint density at radius 3 is 3.00 bits per heavy atom. The van der Waals surface area contributed by atoms with Crippen molar-refractivity contribution in [2.75, 3.05) is 13.1 Å². The molecule has 12 heavy (non-hydrogen) atoms. The Bertz CT molecular complexity index is 181. The SMILES string of the molecule is C=C(CC)CN1C=CCC(C)C1. The van der Waals surface area contributed by atoms with Crippen molar-refractivity contribution in [3.63, 3.8) is 0 Å². The van der Waals surface area contributed by atoms with Gasteiger partial charge in [0, 0.05) is 13.1 Å². The van der Waals surface area contributed by atoms with Gasteiger partial charge in [-0.05, 0) is 25.0 Å². The molecule has 1 heterocycles. The predicted octanol–water partition coefficient (Wildman–Crippen LogP) is 2.81. The summed E-state index contributed by atoms with van der Waals surface area (Å²) in [6, 6.07) is 0. The van der Waals surface area contributed by atoms with E-state index in [1.165, 1.54) is 18.5 Å². The highest BCUT2D eigenvalue weighted by Crippen LogP contribution is 2.14. The van der Waals surface area contributed by atoms with Crippen molar-refractivity contribution in [3.8, 4) is 0 Å². The van der Waals surface area contributed by atoms with Crippen LogP contribution in [0.15, 0.2) is 24.4 Å². The van der Waals surface area contributed by atoms with Gasteiger partial charge in [0.25, 0.3) is 0 Å². The average molecular weight is 165 g/mol. The summed E-state index contributed by atoms with van der Waals surface area (Å²) in [5.74, 6) is 0.805. The second kappa shape index (κ2) is 4.34. The topological polar surface area (TPSA) is 3.24 Å². The Labute approximate surface area is 75.8 Å². The van der Waals surface area contributed by atoms with E-state index in [9.17, 15) is 0 Å². The van der Waals surface area contributed by atoms with Crippen LogP contribution in [0, 0.1) is 5.92 Å². The van der Waals surface area contributed by atoms with E-state index in [0.29, 0.717) is 0 Å². The van der Waals surface area contributed by atoms with Crippen molar-refractivity contribution in [1.29, 1.82) is 0 Å². The van der Waals surface area contributed by atoms with Crippen LogP contribution >= 0.6 is 0 Å². The number of rotatable bonds is 3. The molecule has 0 amide bonds. The second-order valence-corrected chi connectivity index (χ2v) is 3.76. The zero-order valence-corrected chi connectivity index (χ0v) is 8.21. The average Bonchev–Trinajstić information content (AvgIpc) is 2.04. The van der Waals surface area contributed by atoms with Gasteiger partial charge in [0.15, 0.2) is 0 Å².